The topological polar surface area (TPSA) is 85.2 Å². The smallest absolute Gasteiger partial charge is 0.311 e. The Hall–Kier alpha value is -2.40. The van der Waals surface area contributed by atoms with E-state index in [1.807, 2.05) is 18.3 Å². The van der Waals surface area contributed by atoms with Gasteiger partial charge in [-0.15, -0.1) is 0 Å². The van der Waals surface area contributed by atoms with Gasteiger partial charge in [0.15, 0.2) is 5.78 Å². The quantitative estimate of drug-likeness (QED) is 0.446. The van der Waals surface area contributed by atoms with Crippen LogP contribution in [0.4, 0.5) is 0 Å². The molecule has 1 aromatic heterocycles. The van der Waals surface area contributed by atoms with Crippen molar-refractivity contribution in [3.63, 3.8) is 0 Å². The van der Waals surface area contributed by atoms with E-state index >= 15 is 0 Å². The van der Waals surface area contributed by atoms with Crippen LogP contribution < -0.4 is 10.5 Å². The summed E-state index contributed by atoms with van der Waals surface area (Å²) in [7, 11) is 0. The Morgan fingerprint density at radius 3 is 2.78 bits per heavy atom. The van der Waals surface area contributed by atoms with Crippen molar-refractivity contribution >= 4 is 22.7 Å². The van der Waals surface area contributed by atoms with Gasteiger partial charge in [0.1, 0.15) is 5.75 Å². The van der Waals surface area contributed by atoms with Crippen molar-refractivity contribution in [2.75, 3.05) is 6.54 Å². The SMILES string of the molecule is C=C(C)C(=O)CCCC(=O)Oc1ccc2[nH]cc(CCN)c2c1. The van der Waals surface area contributed by atoms with Crippen LogP contribution in [-0.4, -0.2) is 23.3 Å². The summed E-state index contributed by atoms with van der Waals surface area (Å²) in [5.74, 6) is 0.152. The van der Waals surface area contributed by atoms with Gasteiger partial charge in [-0.2, -0.15) is 0 Å². The molecule has 0 amide bonds. The fourth-order valence-corrected chi connectivity index (χ4v) is 2.37. The molecule has 1 heterocycles. The minimum atomic E-state index is -0.338. The van der Waals surface area contributed by atoms with Crippen molar-refractivity contribution in [1.29, 1.82) is 0 Å². The van der Waals surface area contributed by atoms with Gasteiger partial charge in [-0.1, -0.05) is 6.58 Å². The fourth-order valence-electron chi connectivity index (χ4n) is 2.37. The van der Waals surface area contributed by atoms with Crippen molar-refractivity contribution in [2.24, 2.45) is 5.73 Å². The second kappa shape index (κ2) is 7.74. The van der Waals surface area contributed by atoms with Crippen LogP contribution in [0.15, 0.2) is 36.5 Å². The molecule has 2 aromatic rings. The highest BCUT2D eigenvalue weighted by molar-refractivity contribution is 5.94. The summed E-state index contributed by atoms with van der Waals surface area (Å²) in [5, 5.41) is 1.01. The third-order valence-electron chi connectivity index (χ3n) is 3.64. The Morgan fingerprint density at radius 1 is 1.30 bits per heavy atom. The number of allylic oxidation sites excluding steroid dienone is 1. The number of benzene rings is 1. The van der Waals surface area contributed by atoms with Crippen LogP contribution in [0.25, 0.3) is 10.9 Å². The predicted octanol–water partition coefficient (Wildman–Crippen LogP) is 2.89. The number of carbonyl (C=O) groups is 2. The third kappa shape index (κ3) is 4.53. The van der Waals surface area contributed by atoms with Crippen molar-refractivity contribution in [3.05, 3.63) is 42.1 Å². The number of esters is 1. The van der Waals surface area contributed by atoms with Crippen LogP contribution in [0.3, 0.4) is 0 Å². The van der Waals surface area contributed by atoms with E-state index in [-0.39, 0.29) is 18.2 Å². The number of nitrogens with two attached hydrogens (primary N) is 1. The maximum absolute atomic E-state index is 11.9. The number of aromatic amines is 1. The first-order valence-electron chi connectivity index (χ1n) is 7.70. The zero-order valence-corrected chi connectivity index (χ0v) is 13.4. The maximum Gasteiger partial charge on any atom is 0.311 e. The van der Waals surface area contributed by atoms with E-state index in [1.54, 1.807) is 13.0 Å². The zero-order valence-electron chi connectivity index (χ0n) is 13.4. The Labute approximate surface area is 135 Å². The van der Waals surface area contributed by atoms with Crippen molar-refractivity contribution in [2.45, 2.75) is 32.6 Å². The molecule has 0 spiro atoms. The second-order valence-corrected chi connectivity index (χ2v) is 5.59. The van der Waals surface area contributed by atoms with Crippen LogP contribution in [-0.2, 0) is 16.0 Å². The van der Waals surface area contributed by atoms with E-state index in [4.69, 9.17) is 10.5 Å². The molecule has 2 rings (SSSR count). The molecule has 122 valence electrons. The van der Waals surface area contributed by atoms with E-state index in [1.165, 1.54) is 0 Å². The Morgan fingerprint density at radius 2 is 2.09 bits per heavy atom. The number of rotatable bonds is 8. The van der Waals surface area contributed by atoms with E-state index in [9.17, 15) is 9.59 Å². The van der Waals surface area contributed by atoms with E-state index < -0.39 is 0 Å². The number of ether oxygens (including phenoxy) is 1. The highest BCUT2D eigenvalue weighted by atomic mass is 16.5. The number of aromatic nitrogens is 1. The summed E-state index contributed by atoms with van der Waals surface area (Å²) >= 11 is 0. The number of fused-ring (bicyclic) bond motifs is 1. The molecule has 0 unspecified atom stereocenters. The molecule has 1 aromatic carbocycles. The average Bonchev–Trinajstić information content (AvgIpc) is 2.90. The lowest BCUT2D eigenvalue weighted by molar-refractivity contribution is -0.134. The number of hydrogen-bond acceptors (Lipinski definition) is 4. The summed E-state index contributed by atoms with van der Waals surface area (Å²) in [6.45, 7) is 5.83. The van der Waals surface area contributed by atoms with Crippen LogP contribution in [0.1, 0.15) is 31.7 Å². The Balaban J connectivity index is 1.95. The number of carbonyl (C=O) groups excluding carboxylic acids is 2. The Kier molecular flexibility index (Phi) is 5.71. The highest BCUT2D eigenvalue weighted by Crippen LogP contribution is 2.24. The van der Waals surface area contributed by atoms with E-state index in [0.29, 0.717) is 30.7 Å². The molecule has 0 bridgehead atoms. The van der Waals surface area contributed by atoms with Gasteiger partial charge in [0.2, 0.25) is 0 Å². The lowest BCUT2D eigenvalue weighted by Gasteiger charge is -2.05. The van der Waals surface area contributed by atoms with E-state index in [0.717, 1.165) is 22.9 Å². The maximum atomic E-state index is 11.9. The minimum absolute atomic E-state index is 0.0158. The third-order valence-corrected chi connectivity index (χ3v) is 3.64. The molecule has 0 aliphatic carbocycles. The molecule has 3 N–H and O–H groups in total. The molecule has 0 radical (unpaired) electrons. The number of ketones is 1. The minimum Gasteiger partial charge on any atom is -0.427 e. The van der Waals surface area contributed by atoms with E-state index in [2.05, 4.69) is 11.6 Å². The van der Waals surface area contributed by atoms with Gasteiger partial charge in [-0.3, -0.25) is 9.59 Å². The van der Waals surface area contributed by atoms with Crippen molar-refractivity contribution in [1.82, 2.24) is 4.98 Å². The molecule has 5 heteroatoms. The van der Waals surface area contributed by atoms with Crippen molar-refractivity contribution < 1.29 is 14.3 Å². The zero-order chi connectivity index (χ0) is 16.8. The van der Waals surface area contributed by atoms with Crippen LogP contribution in [0, 0.1) is 0 Å². The normalized spacial score (nSPS) is 10.7. The predicted molar refractivity (Wildman–Crippen MR) is 90.4 cm³/mol. The summed E-state index contributed by atoms with van der Waals surface area (Å²) in [6, 6.07) is 5.47. The Bertz CT molecular complexity index is 731. The van der Waals surface area contributed by atoms with Gasteiger partial charge in [0.05, 0.1) is 0 Å². The van der Waals surface area contributed by atoms with Gasteiger partial charge < -0.3 is 15.5 Å². The summed E-state index contributed by atoms with van der Waals surface area (Å²) in [4.78, 5) is 26.5. The molecule has 0 atom stereocenters. The summed E-state index contributed by atoms with van der Waals surface area (Å²) in [6.07, 6.45) is 3.68. The van der Waals surface area contributed by atoms with Crippen molar-refractivity contribution in [3.8, 4) is 5.75 Å². The molecular weight excluding hydrogens is 292 g/mol. The first kappa shape index (κ1) is 17.0. The fraction of sp³-hybridized carbons (Fsp3) is 0.333. The van der Waals surface area contributed by atoms with Gasteiger partial charge in [-0.05, 0) is 55.6 Å². The molecule has 0 aliphatic heterocycles. The molecule has 0 saturated heterocycles. The van der Waals surface area contributed by atoms with Crippen LogP contribution in [0.2, 0.25) is 0 Å². The summed E-state index contributed by atoms with van der Waals surface area (Å²) < 4.78 is 5.35. The second-order valence-electron chi connectivity index (χ2n) is 5.59. The standard InChI is InChI=1S/C18H22N2O3/c1-12(2)17(21)4-3-5-18(22)23-14-6-7-16-15(10-14)13(8-9-19)11-20-16/h6-7,10-11,20H,1,3-5,8-9,19H2,2H3. The molecule has 0 fully saturated rings. The molecule has 23 heavy (non-hydrogen) atoms. The first-order chi connectivity index (χ1) is 11.0. The van der Waals surface area contributed by atoms with Gasteiger partial charge in [0.25, 0.3) is 0 Å². The number of H-pyrrole nitrogens is 1. The first-order valence-corrected chi connectivity index (χ1v) is 7.70. The number of nitrogens with one attached hydrogen (secondary N) is 1. The van der Waals surface area contributed by atoms with Gasteiger partial charge in [0, 0.05) is 29.9 Å². The monoisotopic (exact) mass is 314 g/mol. The lowest BCUT2D eigenvalue weighted by Crippen LogP contribution is -2.09. The summed E-state index contributed by atoms with van der Waals surface area (Å²) in [5.41, 5.74) is 8.20. The average molecular weight is 314 g/mol. The number of hydrogen-bond donors (Lipinski definition) is 2. The highest BCUT2D eigenvalue weighted by Gasteiger charge is 2.10. The molecule has 0 aliphatic rings. The molecule has 5 nitrogen and oxygen atoms in total. The molecule has 0 saturated carbocycles. The lowest BCUT2D eigenvalue weighted by atomic mass is 10.1. The number of Topliss-reactive ketones (excluding diaryl/α,β-unsaturated/α-hetero) is 1. The van der Waals surface area contributed by atoms with Crippen LogP contribution in [0.5, 0.6) is 5.75 Å². The van der Waals surface area contributed by atoms with Crippen LogP contribution >= 0.6 is 0 Å². The van der Waals surface area contributed by atoms with Gasteiger partial charge >= 0.3 is 5.97 Å². The van der Waals surface area contributed by atoms with Gasteiger partial charge in [-0.25, -0.2) is 0 Å². The molecular formula is C18H22N2O3. The largest absolute Gasteiger partial charge is 0.427 e.